The van der Waals surface area contributed by atoms with E-state index in [9.17, 15) is 9.18 Å². The van der Waals surface area contributed by atoms with Gasteiger partial charge in [0.2, 0.25) is 5.78 Å². The van der Waals surface area contributed by atoms with Crippen LogP contribution in [0.2, 0.25) is 5.02 Å². The van der Waals surface area contributed by atoms with E-state index in [0.717, 1.165) is 5.39 Å². The number of hydrogen-bond acceptors (Lipinski definition) is 2. The lowest BCUT2D eigenvalue weighted by molar-refractivity contribution is 0.0968. The molecule has 0 unspecified atom stereocenters. The summed E-state index contributed by atoms with van der Waals surface area (Å²) in [6.07, 6.45) is 0.102. The number of fused-ring (bicyclic) bond motifs is 1. The molecule has 0 atom stereocenters. The molecule has 0 saturated carbocycles. The van der Waals surface area contributed by atoms with Crippen LogP contribution in [0.5, 0.6) is 0 Å². The molecule has 4 heteroatoms. The van der Waals surface area contributed by atoms with Crippen molar-refractivity contribution in [1.29, 1.82) is 0 Å². The molecule has 0 bridgehead atoms. The first kappa shape index (κ1) is 12.9. The molecule has 1 aromatic heterocycles. The molecule has 2 aromatic carbocycles. The molecule has 20 heavy (non-hydrogen) atoms. The van der Waals surface area contributed by atoms with Gasteiger partial charge in [0.1, 0.15) is 11.4 Å². The first-order chi connectivity index (χ1) is 9.61. The second-order valence-electron chi connectivity index (χ2n) is 4.52. The minimum absolute atomic E-state index is 0.102. The summed E-state index contributed by atoms with van der Waals surface area (Å²) in [6.45, 7) is 0. The van der Waals surface area contributed by atoms with E-state index in [2.05, 4.69) is 0 Å². The number of carbonyl (C=O) groups is 1. The van der Waals surface area contributed by atoms with Crippen LogP contribution in [0, 0.1) is 5.82 Å². The average Bonchev–Trinajstić information content (AvgIpc) is 2.81. The number of furan rings is 1. The fourth-order valence-electron chi connectivity index (χ4n) is 2.07. The van der Waals surface area contributed by atoms with E-state index in [0.29, 0.717) is 16.2 Å². The maximum Gasteiger partial charge on any atom is 0.202 e. The van der Waals surface area contributed by atoms with E-state index in [1.54, 1.807) is 36.4 Å². The molecule has 0 N–H and O–H groups in total. The molecule has 0 fully saturated rings. The minimum Gasteiger partial charge on any atom is -0.453 e. The van der Waals surface area contributed by atoms with E-state index in [1.165, 1.54) is 12.1 Å². The Balaban J connectivity index is 1.88. The second kappa shape index (κ2) is 5.10. The van der Waals surface area contributed by atoms with Crippen molar-refractivity contribution in [2.75, 3.05) is 0 Å². The van der Waals surface area contributed by atoms with Crippen LogP contribution in [-0.4, -0.2) is 5.78 Å². The van der Waals surface area contributed by atoms with Gasteiger partial charge in [-0.3, -0.25) is 4.79 Å². The van der Waals surface area contributed by atoms with Gasteiger partial charge in [-0.1, -0.05) is 23.7 Å². The third kappa shape index (κ3) is 2.58. The molecule has 0 aliphatic carbocycles. The normalized spacial score (nSPS) is 10.9. The van der Waals surface area contributed by atoms with Crippen molar-refractivity contribution in [3.63, 3.8) is 0 Å². The average molecular weight is 289 g/mol. The zero-order chi connectivity index (χ0) is 14.1. The molecular formula is C16H10ClFO2. The number of halogens is 2. The standard InChI is InChI=1S/C16H10ClFO2/c17-12-4-5-15-11(8-12)9-16(20-15)14(19)7-10-2-1-3-13(18)6-10/h1-6,8-9H,7H2. The molecule has 1 heterocycles. The highest BCUT2D eigenvalue weighted by molar-refractivity contribution is 6.31. The molecule has 0 spiro atoms. The number of rotatable bonds is 3. The lowest BCUT2D eigenvalue weighted by atomic mass is 10.1. The summed E-state index contributed by atoms with van der Waals surface area (Å²) in [6, 6.07) is 12.8. The molecule has 0 aliphatic rings. The lowest BCUT2D eigenvalue weighted by Crippen LogP contribution is -2.02. The van der Waals surface area contributed by atoms with E-state index < -0.39 is 0 Å². The molecular weight excluding hydrogens is 279 g/mol. The Labute approximate surface area is 119 Å². The van der Waals surface area contributed by atoms with Crippen LogP contribution in [0.4, 0.5) is 4.39 Å². The zero-order valence-corrected chi connectivity index (χ0v) is 11.2. The van der Waals surface area contributed by atoms with Gasteiger partial charge in [-0.15, -0.1) is 0 Å². The summed E-state index contributed by atoms with van der Waals surface area (Å²) in [5.74, 6) is -0.291. The van der Waals surface area contributed by atoms with E-state index >= 15 is 0 Å². The van der Waals surface area contributed by atoms with Gasteiger partial charge >= 0.3 is 0 Å². The first-order valence-corrected chi connectivity index (χ1v) is 6.46. The summed E-state index contributed by atoms with van der Waals surface area (Å²) >= 11 is 5.89. The van der Waals surface area contributed by atoms with Crippen molar-refractivity contribution in [1.82, 2.24) is 0 Å². The molecule has 0 amide bonds. The van der Waals surface area contributed by atoms with Gasteiger partial charge < -0.3 is 4.42 Å². The maximum absolute atomic E-state index is 13.1. The molecule has 2 nitrogen and oxygen atoms in total. The highest BCUT2D eigenvalue weighted by Gasteiger charge is 2.13. The third-order valence-electron chi connectivity index (χ3n) is 3.01. The van der Waals surface area contributed by atoms with Gasteiger partial charge in [-0.05, 0) is 42.0 Å². The number of hydrogen-bond donors (Lipinski definition) is 0. The van der Waals surface area contributed by atoms with Gasteiger partial charge in [-0.2, -0.15) is 0 Å². The summed E-state index contributed by atoms with van der Waals surface area (Å²) in [4.78, 5) is 12.1. The van der Waals surface area contributed by atoms with Crippen LogP contribution < -0.4 is 0 Å². The van der Waals surface area contributed by atoms with Crippen LogP contribution in [0.25, 0.3) is 11.0 Å². The van der Waals surface area contributed by atoms with Gasteiger partial charge in [0.15, 0.2) is 5.76 Å². The van der Waals surface area contributed by atoms with Crippen molar-refractivity contribution in [3.05, 3.63) is 70.7 Å². The molecule has 3 aromatic rings. The Hall–Kier alpha value is -2.13. The van der Waals surface area contributed by atoms with Crippen LogP contribution in [0.15, 0.2) is 52.9 Å². The summed E-state index contributed by atoms with van der Waals surface area (Å²) < 4.78 is 18.6. The van der Waals surface area contributed by atoms with Gasteiger partial charge in [-0.25, -0.2) is 4.39 Å². The van der Waals surface area contributed by atoms with Crippen molar-refractivity contribution < 1.29 is 13.6 Å². The first-order valence-electron chi connectivity index (χ1n) is 6.08. The largest absolute Gasteiger partial charge is 0.453 e. The maximum atomic E-state index is 13.1. The lowest BCUT2D eigenvalue weighted by Gasteiger charge is -1.98. The molecule has 0 radical (unpaired) electrons. The predicted octanol–water partition coefficient (Wildman–Crippen LogP) is 4.65. The predicted molar refractivity (Wildman–Crippen MR) is 75.7 cm³/mol. The minimum atomic E-state index is -0.355. The van der Waals surface area contributed by atoms with Crippen LogP contribution >= 0.6 is 11.6 Å². The number of carbonyl (C=O) groups excluding carboxylic acids is 1. The molecule has 100 valence electrons. The van der Waals surface area contributed by atoms with Gasteiger partial charge in [0, 0.05) is 16.8 Å². The second-order valence-corrected chi connectivity index (χ2v) is 4.96. The van der Waals surface area contributed by atoms with Crippen molar-refractivity contribution >= 4 is 28.4 Å². The van der Waals surface area contributed by atoms with E-state index in [-0.39, 0.29) is 23.8 Å². The van der Waals surface area contributed by atoms with Crippen molar-refractivity contribution in [2.45, 2.75) is 6.42 Å². The smallest absolute Gasteiger partial charge is 0.202 e. The van der Waals surface area contributed by atoms with Crippen LogP contribution in [-0.2, 0) is 6.42 Å². The monoisotopic (exact) mass is 288 g/mol. The Morgan fingerprint density at radius 2 is 2.00 bits per heavy atom. The summed E-state index contributed by atoms with van der Waals surface area (Å²) in [5, 5.41) is 1.36. The van der Waals surface area contributed by atoms with Crippen molar-refractivity contribution in [3.8, 4) is 0 Å². The number of ketones is 1. The Morgan fingerprint density at radius 3 is 2.80 bits per heavy atom. The topological polar surface area (TPSA) is 30.2 Å². The van der Waals surface area contributed by atoms with E-state index in [1.807, 2.05) is 0 Å². The van der Waals surface area contributed by atoms with Crippen molar-refractivity contribution in [2.24, 2.45) is 0 Å². The molecule has 0 aliphatic heterocycles. The van der Waals surface area contributed by atoms with Gasteiger partial charge in [0.05, 0.1) is 0 Å². The third-order valence-corrected chi connectivity index (χ3v) is 3.24. The number of Topliss-reactive ketones (excluding diaryl/α,β-unsaturated/α-hetero) is 1. The Morgan fingerprint density at radius 1 is 1.15 bits per heavy atom. The Bertz CT molecular complexity index is 792. The highest BCUT2D eigenvalue weighted by atomic mass is 35.5. The molecule has 3 rings (SSSR count). The molecule has 0 saturated heterocycles. The van der Waals surface area contributed by atoms with Gasteiger partial charge in [0.25, 0.3) is 0 Å². The quantitative estimate of drug-likeness (QED) is 0.657. The fourth-order valence-corrected chi connectivity index (χ4v) is 2.25. The fraction of sp³-hybridized carbons (Fsp3) is 0.0625. The SMILES string of the molecule is O=C(Cc1cccc(F)c1)c1cc2cc(Cl)ccc2o1. The summed E-state index contributed by atoms with van der Waals surface area (Å²) in [7, 11) is 0. The Kier molecular flexibility index (Phi) is 3.28. The van der Waals surface area contributed by atoms with Crippen LogP contribution in [0.1, 0.15) is 16.1 Å². The highest BCUT2D eigenvalue weighted by Crippen LogP contribution is 2.24. The number of benzene rings is 2. The van der Waals surface area contributed by atoms with Crippen LogP contribution in [0.3, 0.4) is 0 Å². The van der Waals surface area contributed by atoms with E-state index in [4.69, 9.17) is 16.0 Å². The summed E-state index contributed by atoms with van der Waals surface area (Å²) in [5.41, 5.74) is 1.23. The zero-order valence-electron chi connectivity index (χ0n) is 10.4.